The van der Waals surface area contributed by atoms with Crippen LogP contribution in [0.25, 0.3) is 0 Å². The number of anilines is 1. The Balaban J connectivity index is 1.75. The highest BCUT2D eigenvalue weighted by Gasteiger charge is 2.24. The first kappa shape index (κ1) is 22.5. The molecule has 1 saturated heterocycles. The number of carbonyl (C=O) groups is 1. The first-order valence-corrected chi connectivity index (χ1v) is 12.0. The summed E-state index contributed by atoms with van der Waals surface area (Å²) in [5, 5.41) is 3.04. The summed E-state index contributed by atoms with van der Waals surface area (Å²) in [5.41, 5.74) is 1.06. The number of carbonyl (C=O) groups excluding carboxylic acids is 1. The predicted octanol–water partition coefficient (Wildman–Crippen LogP) is 3.30. The third kappa shape index (κ3) is 4.94. The number of nitrogens with one attached hydrogen (secondary N) is 1. The van der Waals surface area contributed by atoms with Gasteiger partial charge in [0, 0.05) is 38.9 Å². The van der Waals surface area contributed by atoms with Crippen LogP contribution in [0.3, 0.4) is 0 Å². The highest BCUT2D eigenvalue weighted by Crippen LogP contribution is 2.23. The molecule has 30 heavy (non-hydrogen) atoms. The van der Waals surface area contributed by atoms with Crippen molar-refractivity contribution in [1.29, 1.82) is 0 Å². The van der Waals surface area contributed by atoms with Gasteiger partial charge in [-0.25, -0.2) is 13.4 Å². The molecule has 9 heteroatoms. The number of pyridine rings is 1. The minimum Gasteiger partial charge on any atom is -0.357 e. The average molecular weight is 451 g/mol. The minimum atomic E-state index is -3.68. The first-order chi connectivity index (χ1) is 14.4. The highest BCUT2D eigenvalue weighted by atomic mass is 35.5. The van der Waals surface area contributed by atoms with Gasteiger partial charge in [0.15, 0.2) is 0 Å². The van der Waals surface area contributed by atoms with Gasteiger partial charge in [-0.15, -0.1) is 0 Å². The maximum absolute atomic E-state index is 12.8. The van der Waals surface area contributed by atoms with Crippen LogP contribution in [0.15, 0.2) is 41.4 Å². The lowest BCUT2D eigenvalue weighted by Crippen LogP contribution is -2.31. The molecule has 3 rings (SSSR count). The topological polar surface area (TPSA) is 82.6 Å². The van der Waals surface area contributed by atoms with E-state index in [4.69, 9.17) is 11.6 Å². The van der Waals surface area contributed by atoms with E-state index in [0.717, 1.165) is 37.3 Å². The molecular weight excluding hydrogens is 424 g/mol. The van der Waals surface area contributed by atoms with Crippen LogP contribution in [0.1, 0.15) is 42.6 Å². The van der Waals surface area contributed by atoms with E-state index in [1.54, 1.807) is 20.0 Å². The Morgan fingerprint density at radius 1 is 1.17 bits per heavy atom. The Labute approximate surface area is 183 Å². The Hall–Kier alpha value is -2.16. The molecule has 0 saturated carbocycles. The van der Waals surface area contributed by atoms with Crippen molar-refractivity contribution in [2.45, 2.75) is 38.1 Å². The summed E-state index contributed by atoms with van der Waals surface area (Å²) in [6.45, 7) is 6.53. The maximum atomic E-state index is 12.8. The van der Waals surface area contributed by atoms with Crippen molar-refractivity contribution < 1.29 is 13.2 Å². The largest absolute Gasteiger partial charge is 0.357 e. The summed E-state index contributed by atoms with van der Waals surface area (Å²) in [6.07, 6.45) is 4.06. The molecule has 0 unspecified atom stereocenters. The predicted molar refractivity (Wildman–Crippen MR) is 118 cm³/mol. The van der Waals surface area contributed by atoms with Crippen molar-refractivity contribution >= 4 is 33.3 Å². The number of benzene rings is 1. The molecule has 162 valence electrons. The summed E-state index contributed by atoms with van der Waals surface area (Å²) in [5.74, 6) is 0.487. The number of amides is 1. The molecule has 2 aromatic rings. The average Bonchev–Trinajstić information content (AvgIpc) is 3.28. The zero-order valence-corrected chi connectivity index (χ0v) is 18.8. The fourth-order valence-corrected chi connectivity index (χ4v) is 5.21. The van der Waals surface area contributed by atoms with E-state index in [0.29, 0.717) is 19.6 Å². The second kappa shape index (κ2) is 9.76. The van der Waals surface area contributed by atoms with Crippen LogP contribution in [-0.4, -0.2) is 49.8 Å². The van der Waals surface area contributed by atoms with E-state index < -0.39 is 15.9 Å². The molecule has 2 heterocycles. The Kier molecular flexibility index (Phi) is 7.33. The third-order valence-electron chi connectivity index (χ3n) is 5.22. The van der Waals surface area contributed by atoms with Gasteiger partial charge in [0.1, 0.15) is 5.82 Å². The zero-order valence-electron chi connectivity index (χ0n) is 17.3. The van der Waals surface area contributed by atoms with Crippen molar-refractivity contribution in [2.24, 2.45) is 0 Å². The molecule has 0 bridgehead atoms. The normalized spacial score (nSPS) is 14.3. The van der Waals surface area contributed by atoms with E-state index in [9.17, 15) is 13.2 Å². The molecule has 1 aromatic carbocycles. The van der Waals surface area contributed by atoms with Crippen LogP contribution in [0.5, 0.6) is 0 Å². The second-order valence-electron chi connectivity index (χ2n) is 7.13. The van der Waals surface area contributed by atoms with Crippen LogP contribution < -0.4 is 10.2 Å². The van der Waals surface area contributed by atoms with Gasteiger partial charge in [0.25, 0.3) is 5.91 Å². The number of hydrogen-bond acceptors (Lipinski definition) is 5. The van der Waals surface area contributed by atoms with Crippen molar-refractivity contribution in [3.05, 3.63) is 52.7 Å². The molecule has 1 N–H and O–H groups in total. The molecule has 0 spiro atoms. The number of hydrogen-bond donors (Lipinski definition) is 1. The van der Waals surface area contributed by atoms with Gasteiger partial charge in [-0.05, 0) is 48.7 Å². The molecule has 1 aromatic heterocycles. The van der Waals surface area contributed by atoms with E-state index in [-0.39, 0.29) is 15.5 Å². The van der Waals surface area contributed by atoms with Crippen LogP contribution in [0.2, 0.25) is 5.02 Å². The molecular formula is C21H27ClN4O3S. The molecule has 0 atom stereocenters. The Bertz CT molecular complexity index is 1000. The number of nitrogens with zero attached hydrogens (tertiary/aromatic N) is 3. The van der Waals surface area contributed by atoms with Crippen LogP contribution in [-0.2, 0) is 16.6 Å². The molecule has 1 amide bonds. The lowest BCUT2D eigenvalue weighted by Gasteiger charge is -2.19. The number of halogens is 1. The molecule has 1 fully saturated rings. The highest BCUT2D eigenvalue weighted by molar-refractivity contribution is 7.89. The maximum Gasteiger partial charge on any atom is 0.253 e. The van der Waals surface area contributed by atoms with Gasteiger partial charge in [-0.3, -0.25) is 4.79 Å². The van der Waals surface area contributed by atoms with Gasteiger partial charge < -0.3 is 10.2 Å². The number of sulfonamides is 1. The monoisotopic (exact) mass is 450 g/mol. The third-order valence-corrected chi connectivity index (χ3v) is 7.59. The zero-order chi connectivity index (χ0) is 21.7. The quantitative estimate of drug-likeness (QED) is 0.667. The second-order valence-corrected chi connectivity index (χ2v) is 9.48. The number of rotatable bonds is 8. The fourth-order valence-electron chi connectivity index (χ4n) is 3.52. The van der Waals surface area contributed by atoms with Crippen LogP contribution in [0, 0.1) is 0 Å². The van der Waals surface area contributed by atoms with Crippen molar-refractivity contribution in [1.82, 2.24) is 14.6 Å². The summed E-state index contributed by atoms with van der Waals surface area (Å²) in [4.78, 5) is 19.4. The lowest BCUT2D eigenvalue weighted by molar-refractivity contribution is 0.0951. The van der Waals surface area contributed by atoms with Gasteiger partial charge >= 0.3 is 0 Å². The summed E-state index contributed by atoms with van der Waals surface area (Å²) in [7, 11) is -3.68. The SMILES string of the molecule is CCN(CC)S(=O)(=O)c1ccc(Cl)c(C(=O)NCc2ccnc(N3CCCC3)c2)c1. The lowest BCUT2D eigenvalue weighted by atomic mass is 10.2. The van der Waals surface area contributed by atoms with Crippen molar-refractivity contribution in [2.75, 3.05) is 31.1 Å². The van der Waals surface area contributed by atoms with E-state index in [1.165, 1.54) is 22.5 Å². The molecule has 1 aliphatic rings. The van der Waals surface area contributed by atoms with E-state index >= 15 is 0 Å². The molecule has 0 radical (unpaired) electrons. The molecule has 7 nitrogen and oxygen atoms in total. The summed E-state index contributed by atoms with van der Waals surface area (Å²) >= 11 is 6.20. The Morgan fingerprint density at radius 3 is 2.53 bits per heavy atom. The minimum absolute atomic E-state index is 0.0565. The van der Waals surface area contributed by atoms with Gasteiger partial charge in [0.2, 0.25) is 10.0 Å². The number of aromatic nitrogens is 1. The Morgan fingerprint density at radius 2 is 1.87 bits per heavy atom. The van der Waals surface area contributed by atoms with Gasteiger partial charge in [0.05, 0.1) is 15.5 Å². The molecule has 0 aliphatic carbocycles. The smallest absolute Gasteiger partial charge is 0.253 e. The van der Waals surface area contributed by atoms with E-state index in [1.807, 2.05) is 12.1 Å². The van der Waals surface area contributed by atoms with Crippen LogP contribution in [0.4, 0.5) is 5.82 Å². The fraction of sp³-hybridized carbons (Fsp3) is 0.429. The molecule has 1 aliphatic heterocycles. The standard InChI is InChI=1S/C21H27ClN4O3S/c1-3-26(4-2)30(28,29)17-7-8-19(22)18(14-17)21(27)24-15-16-9-10-23-20(13-16)25-11-5-6-12-25/h7-10,13-14H,3-6,11-12,15H2,1-2H3,(H,24,27). The summed E-state index contributed by atoms with van der Waals surface area (Å²) in [6, 6.07) is 8.04. The van der Waals surface area contributed by atoms with Gasteiger partial charge in [-0.2, -0.15) is 4.31 Å². The van der Waals surface area contributed by atoms with Crippen molar-refractivity contribution in [3.63, 3.8) is 0 Å². The van der Waals surface area contributed by atoms with Gasteiger partial charge in [-0.1, -0.05) is 25.4 Å². The summed E-state index contributed by atoms with van der Waals surface area (Å²) < 4.78 is 26.9. The van der Waals surface area contributed by atoms with Crippen molar-refractivity contribution in [3.8, 4) is 0 Å². The first-order valence-electron chi connectivity index (χ1n) is 10.1. The van der Waals surface area contributed by atoms with E-state index in [2.05, 4.69) is 15.2 Å². The van der Waals surface area contributed by atoms with Crippen LogP contribution >= 0.6 is 11.6 Å².